The number of carbonyl (C=O) groups is 1. The third kappa shape index (κ3) is 27.6. The first kappa shape index (κ1) is 21.7. The normalized spacial score (nSPS) is 8.71. The number of benzene rings is 1. The van der Waals surface area contributed by atoms with E-state index in [-0.39, 0.29) is 0 Å². The topological polar surface area (TPSA) is 37.3 Å². The quantitative estimate of drug-likeness (QED) is 0.493. The zero-order chi connectivity index (χ0) is 16.3. The summed E-state index contributed by atoms with van der Waals surface area (Å²) in [5, 5.41) is 7.42. The minimum Gasteiger partial charge on any atom is -0.481 e. The van der Waals surface area contributed by atoms with Gasteiger partial charge >= 0.3 is 0 Å². The summed E-state index contributed by atoms with van der Waals surface area (Å²) in [7, 11) is 0. The SMILES string of the molecule is C=CCCCCCCCC.CC(=O)O.Cc1ccccc1. The van der Waals surface area contributed by atoms with Crippen LogP contribution in [0.2, 0.25) is 0 Å². The van der Waals surface area contributed by atoms with Gasteiger partial charge in [-0.3, -0.25) is 4.79 Å². The molecule has 0 unspecified atom stereocenters. The van der Waals surface area contributed by atoms with Crippen LogP contribution < -0.4 is 0 Å². The molecule has 0 radical (unpaired) electrons. The highest BCUT2D eigenvalue weighted by molar-refractivity contribution is 5.62. The second kappa shape index (κ2) is 18.4. The van der Waals surface area contributed by atoms with Gasteiger partial charge in [0.25, 0.3) is 5.97 Å². The maximum Gasteiger partial charge on any atom is 0.300 e. The van der Waals surface area contributed by atoms with E-state index >= 15 is 0 Å². The van der Waals surface area contributed by atoms with Gasteiger partial charge in [-0.05, 0) is 19.8 Å². The molecule has 1 N–H and O–H groups in total. The van der Waals surface area contributed by atoms with Crippen molar-refractivity contribution < 1.29 is 9.90 Å². The second-order valence-electron chi connectivity index (χ2n) is 5.02. The van der Waals surface area contributed by atoms with E-state index < -0.39 is 5.97 Å². The number of hydrogen-bond donors (Lipinski definition) is 1. The lowest BCUT2D eigenvalue weighted by Gasteiger charge is -1.96. The first-order valence-electron chi connectivity index (χ1n) is 7.86. The minimum atomic E-state index is -0.833. The smallest absolute Gasteiger partial charge is 0.300 e. The monoisotopic (exact) mass is 292 g/mol. The van der Waals surface area contributed by atoms with Crippen molar-refractivity contribution >= 4 is 5.97 Å². The molecule has 0 aliphatic rings. The van der Waals surface area contributed by atoms with Crippen molar-refractivity contribution in [2.45, 2.75) is 65.7 Å². The molecule has 120 valence electrons. The third-order valence-corrected chi connectivity index (χ3v) is 2.70. The van der Waals surface area contributed by atoms with Crippen molar-refractivity contribution in [2.75, 3.05) is 0 Å². The Morgan fingerprint density at radius 2 is 1.57 bits per heavy atom. The van der Waals surface area contributed by atoms with Crippen molar-refractivity contribution in [2.24, 2.45) is 0 Å². The average molecular weight is 292 g/mol. The molecule has 1 aromatic rings. The molecule has 1 rings (SSSR count). The molecule has 21 heavy (non-hydrogen) atoms. The molecule has 0 atom stereocenters. The highest BCUT2D eigenvalue weighted by Crippen LogP contribution is 2.06. The fraction of sp³-hybridized carbons (Fsp3) is 0.526. The fourth-order valence-corrected chi connectivity index (χ4v) is 1.60. The first-order chi connectivity index (χ1) is 10.0. The Hall–Kier alpha value is -1.57. The van der Waals surface area contributed by atoms with Crippen LogP contribution in [0.5, 0.6) is 0 Å². The van der Waals surface area contributed by atoms with Crippen molar-refractivity contribution in [3.63, 3.8) is 0 Å². The van der Waals surface area contributed by atoms with Gasteiger partial charge in [0, 0.05) is 6.92 Å². The van der Waals surface area contributed by atoms with E-state index in [2.05, 4.69) is 32.6 Å². The van der Waals surface area contributed by atoms with Crippen LogP contribution in [0.25, 0.3) is 0 Å². The molecule has 0 saturated heterocycles. The van der Waals surface area contributed by atoms with Crippen LogP contribution in [0, 0.1) is 6.92 Å². The molecular weight excluding hydrogens is 260 g/mol. The van der Waals surface area contributed by atoms with E-state index in [1.165, 1.54) is 50.5 Å². The second-order valence-corrected chi connectivity index (χ2v) is 5.02. The minimum absolute atomic E-state index is 0.833. The van der Waals surface area contributed by atoms with E-state index in [4.69, 9.17) is 9.90 Å². The predicted molar refractivity (Wildman–Crippen MR) is 92.7 cm³/mol. The maximum atomic E-state index is 9.00. The van der Waals surface area contributed by atoms with Crippen molar-refractivity contribution in [3.8, 4) is 0 Å². The van der Waals surface area contributed by atoms with Gasteiger partial charge < -0.3 is 5.11 Å². The van der Waals surface area contributed by atoms with Gasteiger partial charge in [0.15, 0.2) is 0 Å². The summed E-state index contributed by atoms with van der Waals surface area (Å²) in [6.45, 7) is 9.12. The summed E-state index contributed by atoms with van der Waals surface area (Å²) in [4.78, 5) is 9.00. The molecule has 0 heterocycles. The number of aryl methyl sites for hydroxylation is 1. The van der Waals surface area contributed by atoms with Gasteiger partial charge in [0.1, 0.15) is 0 Å². The van der Waals surface area contributed by atoms with Crippen molar-refractivity contribution in [1.29, 1.82) is 0 Å². The molecule has 0 saturated carbocycles. The number of allylic oxidation sites excluding steroid dienone is 1. The van der Waals surface area contributed by atoms with Crippen LogP contribution >= 0.6 is 0 Å². The Bertz CT molecular complexity index is 327. The largest absolute Gasteiger partial charge is 0.481 e. The molecule has 0 aliphatic heterocycles. The van der Waals surface area contributed by atoms with Crippen LogP contribution in [0.1, 0.15) is 64.4 Å². The van der Waals surface area contributed by atoms with Crippen LogP contribution in [0.15, 0.2) is 43.0 Å². The summed E-state index contributed by atoms with van der Waals surface area (Å²) >= 11 is 0. The van der Waals surface area contributed by atoms with Crippen LogP contribution in [-0.2, 0) is 4.79 Å². The molecule has 0 amide bonds. The maximum absolute atomic E-state index is 9.00. The Labute approximate surface area is 130 Å². The summed E-state index contributed by atoms with van der Waals surface area (Å²) in [5.74, 6) is -0.833. The molecule has 2 heteroatoms. The highest BCUT2D eigenvalue weighted by Gasteiger charge is 1.86. The van der Waals surface area contributed by atoms with Gasteiger partial charge in [0.2, 0.25) is 0 Å². The number of rotatable bonds is 7. The van der Waals surface area contributed by atoms with E-state index in [1.807, 2.05) is 24.3 Å². The van der Waals surface area contributed by atoms with Gasteiger partial charge in [-0.25, -0.2) is 0 Å². The van der Waals surface area contributed by atoms with Crippen molar-refractivity contribution in [1.82, 2.24) is 0 Å². The Morgan fingerprint density at radius 1 is 1.10 bits per heavy atom. The van der Waals surface area contributed by atoms with E-state index in [0.717, 1.165) is 6.92 Å². The lowest BCUT2D eigenvalue weighted by Crippen LogP contribution is -1.78. The molecule has 1 aromatic carbocycles. The Kier molecular flexibility index (Phi) is 19.1. The fourth-order valence-electron chi connectivity index (χ4n) is 1.60. The van der Waals surface area contributed by atoms with Crippen LogP contribution in [0.4, 0.5) is 0 Å². The third-order valence-electron chi connectivity index (χ3n) is 2.70. The van der Waals surface area contributed by atoms with Gasteiger partial charge in [-0.15, -0.1) is 6.58 Å². The molecule has 0 spiro atoms. The zero-order valence-corrected chi connectivity index (χ0v) is 14.0. The molecule has 0 fully saturated rings. The highest BCUT2D eigenvalue weighted by atomic mass is 16.4. The van der Waals surface area contributed by atoms with E-state index in [9.17, 15) is 0 Å². The summed E-state index contributed by atoms with van der Waals surface area (Å²) in [6.07, 6.45) is 11.6. The Balaban J connectivity index is 0. The summed E-state index contributed by atoms with van der Waals surface area (Å²) < 4.78 is 0. The predicted octanol–water partition coefficient (Wildman–Crippen LogP) is 6.01. The molecule has 0 aliphatic carbocycles. The summed E-state index contributed by atoms with van der Waals surface area (Å²) in [6, 6.07) is 10.3. The molecule has 0 bridgehead atoms. The zero-order valence-electron chi connectivity index (χ0n) is 14.0. The standard InChI is InChI=1S/C10H20.C7H8.C2H4O2/c1-3-5-7-9-10-8-6-4-2;1-7-5-3-2-4-6-7;1-2(3)4/h3H,1,4-10H2,2H3;2-6H,1H3;1H3,(H,3,4). The van der Waals surface area contributed by atoms with Crippen molar-refractivity contribution in [3.05, 3.63) is 48.6 Å². The first-order valence-corrected chi connectivity index (χ1v) is 7.86. The molecule has 0 aromatic heterocycles. The summed E-state index contributed by atoms with van der Waals surface area (Å²) in [5.41, 5.74) is 1.32. The van der Waals surface area contributed by atoms with Crippen LogP contribution in [-0.4, -0.2) is 11.1 Å². The lowest BCUT2D eigenvalue weighted by atomic mass is 10.1. The number of carboxylic acids is 1. The molecular formula is C19H32O2. The number of carboxylic acid groups (broad SMARTS) is 1. The average Bonchev–Trinajstić information content (AvgIpc) is 2.44. The van der Waals surface area contributed by atoms with E-state index in [0.29, 0.717) is 0 Å². The number of aliphatic carboxylic acids is 1. The van der Waals surface area contributed by atoms with Crippen LogP contribution in [0.3, 0.4) is 0 Å². The molecule has 2 nitrogen and oxygen atoms in total. The van der Waals surface area contributed by atoms with Gasteiger partial charge in [-0.1, -0.05) is 81.0 Å². The van der Waals surface area contributed by atoms with Gasteiger partial charge in [0.05, 0.1) is 0 Å². The number of unbranched alkanes of at least 4 members (excludes halogenated alkanes) is 6. The van der Waals surface area contributed by atoms with Gasteiger partial charge in [-0.2, -0.15) is 0 Å². The number of hydrogen-bond acceptors (Lipinski definition) is 1. The Morgan fingerprint density at radius 3 is 1.95 bits per heavy atom. The lowest BCUT2D eigenvalue weighted by molar-refractivity contribution is -0.134. The van der Waals surface area contributed by atoms with E-state index in [1.54, 1.807) is 0 Å².